The van der Waals surface area contributed by atoms with E-state index in [0.717, 1.165) is 11.1 Å². The van der Waals surface area contributed by atoms with Crippen LogP contribution in [0.1, 0.15) is 21.3 Å². The normalized spacial score (nSPS) is 11.7. The van der Waals surface area contributed by atoms with Gasteiger partial charge >= 0.3 is 5.97 Å². The molecule has 0 spiro atoms. The predicted molar refractivity (Wildman–Crippen MR) is 151 cm³/mol. The van der Waals surface area contributed by atoms with Gasteiger partial charge in [0.2, 0.25) is 9.84 Å². The highest BCUT2D eigenvalue weighted by Gasteiger charge is 2.31. The summed E-state index contributed by atoms with van der Waals surface area (Å²) in [5, 5.41) is 18.7. The molecule has 204 valence electrons. The number of aromatic nitrogens is 2. The summed E-state index contributed by atoms with van der Waals surface area (Å²) < 4.78 is 33.1. The van der Waals surface area contributed by atoms with Gasteiger partial charge < -0.3 is 20.4 Å². The monoisotopic (exact) mass is 558 g/mol. The molecule has 2 heterocycles. The maximum Gasteiger partial charge on any atom is 0.339 e. The summed E-state index contributed by atoms with van der Waals surface area (Å²) in [4.78, 5) is 20.9. The number of hydrogen-bond donors (Lipinski definition) is 4. The lowest BCUT2D eigenvalue weighted by Crippen LogP contribution is -2.23. The molecule has 1 atom stereocenters. The smallest absolute Gasteiger partial charge is 0.339 e. The van der Waals surface area contributed by atoms with Crippen LogP contribution in [0.3, 0.4) is 0 Å². The van der Waals surface area contributed by atoms with Crippen molar-refractivity contribution in [1.29, 1.82) is 0 Å². The average Bonchev–Trinajstić information content (AvgIpc) is 3.01. The van der Waals surface area contributed by atoms with Crippen LogP contribution in [0.4, 0.5) is 5.69 Å². The molecular weight excluding hydrogens is 532 g/mol. The van der Waals surface area contributed by atoms with Gasteiger partial charge in [-0.2, -0.15) is 0 Å². The summed E-state index contributed by atoms with van der Waals surface area (Å²) >= 11 is 0. The topological polar surface area (TPSA) is 165 Å². The van der Waals surface area contributed by atoms with E-state index in [2.05, 4.69) is 21.2 Å². The number of carbonyl (C=O) groups is 1. The van der Waals surface area contributed by atoms with Crippen molar-refractivity contribution in [3.05, 3.63) is 115 Å². The Balaban J connectivity index is 0.00000181. The number of carboxylic acids is 1. The molecule has 5 N–H and O–H groups in total. The fourth-order valence-electron chi connectivity index (χ4n) is 4.30. The van der Waals surface area contributed by atoms with E-state index >= 15 is 0 Å². The van der Waals surface area contributed by atoms with Crippen LogP contribution in [0.2, 0.25) is 0 Å². The first-order valence-electron chi connectivity index (χ1n) is 11.9. The van der Waals surface area contributed by atoms with Gasteiger partial charge in [-0.15, -0.1) is 0 Å². The summed E-state index contributed by atoms with van der Waals surface area (Å²) in [6.45, 7) is 0. The van der Waals surface area contributed by atoms with E-state index < -0.39 is 21.2 Å². The molecule has 40 heavy (non-hydrogen) atoms. The van der Waals surface area contributed by atoms with Crippen LogP contribution in [0.25, 0.3) is 22.0 Å². The zero-order valence-electron chi connectivity index (χ0n) is 21.3. The summed E-state index contributed by atoms with van der Waals surface area (Å²) in [5.74, 6) is 2.77. The number of nitrogens with one attached hydrogen (secondary N) is 1. The molecule has 1 unspecified atom stereocenters. The van der Waals surface area contributed by atoms with Crippen molar-refractivity contribution in [2.45, 2.75) is 10.3 Å². The Morgan fingerprint density at radius 3 is 2.27 bits per heavy atom. The van der Waals surface area contributed by atoms with Gasteiger partial charge in [-0.25, -0.2) is 19.1 Å². The molecule has 0 amide bonds. The number of para-hydroxylation sites is 1. The van der Waals surface area contributed by atoms with Gasteiger partial charge in [0.25, 0.3) is 0 Å². The molecule has 0 radical (unpaired) electrons. The molecule has 0 saturated heterocycles. The standard InChI is InChI=1S/C29H23N3O5S.H3NO/c1-37-21-12-14-22(15-13-21)38(35,36)28(20-9-6-16-30-17-20)32-27-24-11-5-10-23(19-7-3-2-4-8-19)26(24)31-18-25(27)29(33)34;1-2/h2-18,28H,1H3,(H,31,32)(H,33,34);2H,1H2. The van der Waals surface area contributed by atoms with Gasteiger partial charge in [0, 0.05) is 35.1 Å². The molecule has 0 aliphatic heterocycles. The molecule has 5 rings (SSSR count). The number of pyridine rings is 2. The number of fused-ring (bicyclic) bond motifs is 1. The summed E-state index contributed by atoms with van der Waals surface area (Å²) in [6.07, 6.45) is 4.23. The minimum Gasteiger partial charge on any atom is -0.497 e. The summed E-state index contributed by atoms with van der Waals surface area (Å²) in [6, 6.07) is 24.3. The fourth-order valence-corrected chi connectivity index (χ4v) is 5.85. The van der Waals surface area contributed by atoms with E-state index in [1.54, 1.807) is 36.4 Å². The quantitative estimate of drug-likeness (QED) is 0.192. The highest BCUT2D eigenvalue weighted by Crippen LogP contribution is 2.37. The Labute approximate surface area is 230 Å². The summed E-state index contributed by atoms with van der Waals surface area (Å²) in [7, 11) is -2.58. The second kappa shape index (κ2) is 12.3. The van der Waals surface area contributed by atoms with Crippen LogP contribution >= 0.6 is 0 Å². The van der Waals surface area contributed by atoms with E-state index in [9.17, 15) is 18.3 Å². The van der Waals surface area contributed by atoms with Gasteiger partial charge in [0.05, 0.1) is 23.2 Å². The Kier molecular flexibility index (Phi) is 8.70. The minimum atomic E-state index is -4.07. The van der Waals surface area contributed by atoms with Crippen LogP contribution < -0.4 is 16.0 Å². The minimum absolute atomic E-state index is 0.0415. The SMILES string of the molecule is COc1ccc(S(=O)(=O)C(Nc2c(C(=O)O)cnc3c(-c4ccccc4)cccc23)c2cccnc2)cc1.NO. The first kappa shape index (κ1) is 28.2. The van der Waals surface area contributed by atoms with Gasteiger partial charge in [-0.3, -0.25) is 9.97 Å². The third-order valence-electron chi connectivity index (χ3n) is 6.17. The maximum absolute atomic E-state index is 13.9. The molecule has 0 saturated carbocycles. The van der Waals surface area contributed by atoms with E-state index in [4.69, 9.17) is 9.94 Å². The van der Waals surface area contributed by atoms with Crippen molar-refractivity contribution in [3.63, 3.8) is 0 Å². The Morgan fingerprint density at radius 2 is 1.65 bits per heavy atom. The lowest BCUT2D eigenvalue weighted by atomic mass is 10.00. The third-order valence-corrected chi connectivity index (χ3v) is 8.11. The van der Waals surface area contributed by atoms with E-state index in [-0.39, 0.29) is 16.1 Å². The van der Waals surface area contributed by atoms with E-state index in [1.807, 2.05) is 36.4 Å². The Bertz CT molecular complexity index is 1720. The van der Waals surface area contributed by atoms with Gasteiger partial charge in [0.15, 0.2) is 5.37 Å². The lowest BCUT2D eigenvalue weighted by molar-refractivity contribution is 0.0697. The first-order chi connectivity index (χ1) is 19.4. The Morgan fingerprint density at radius 1 is 0.925 bits per heavy atom. The van der Waals surface area contributed by atoms with Gasteiger partial charge in [-0.05, 0) is 35.9 Å². The molecule has 2 aromatic heterocycles. The van der Waals surface area contributed by atoms with Crippen molar-refractivity contribution in [3.8, 4) is 16.9 Å². The van der Waals surface area contributed by atoms with Crippen LogP contribution in [0.15, 0.2) is 108 Å². The second-order valence-electron chi connectivity index (χ2n) is 8.45. The number of sulfone groups is 1. The molecule has 11 heteroatoms. The third kappa shape index (κ3) is 5.61. The number of methoxy groups -OCH3 is 1. The van der Waals surface area contributed by atoms with Crippen LogP contribution in [0.5, 0.6) is 5.75 Å². The molecule has 0 bridgehead atoms. The van der Waals surface area contributed by atoms with Crippen LogP contribution in [-0.4, -0.2) is 41.8 Å². The molecule has 10 nitrogen and oxygen atoms in total. The molecular formula is C29H26N4O6S. The van der Waals surface area contributed by atoms with Crippen LogP contribution in [0, 0.1) is 0 Å². The zero-order chi connectivity index (χ0) is 28.7. The average molecular weight is 559 g/mol. The number of hydrogen-bond acceptors (Lipinski definition) is 9. The van der Waals surface area contributed by atoms with E-state index in [1.165, 1.54) is 37.8 Å². The molecule has 0 fully saturated rings. The van der Waals surface area contributed by atoms with Crippen molar-refractivity contribution < 1.29 is 28.3 Å². The van der Waals surface area contributed by atoms with Crippen LogP contribution in [-0.2, 0) is 9.84 Å². The maximum atomic E-state index is 13.9. The molecule has 5 aromatic rings. The number of anilines is 1. The number of nitrogens with zero attached hydrogens (tertiary/aromatic N) is 2. The first-order valence-corrected chi connectivity index (χ1v) is 13.5. The number of ether oxygens (including phenoxy) is 1. The summed E-state index contributed by atoms with van der Waals surface area (Å²) in [5.41, 5.74) is 2.57. The zero-order valence-corrected chi connectivity index (χ0v) is 22.1. The molecule has 3 aromatic carbocycles. The van der Waals surface area contributed by atoms with Gasteiger partial charge in [-0.1, -0.05) is 54.6 Å². The van der Waals surface area contributed by atoms with Crippen molar-refractivity contribution in [2.75, 3.05) is 12.4 Å². The number of rotatable bonds is 8. The van der Waals surface area contributed by atoms with Crippen molar-refractivity contribution >= 4 is 32.4 Å². The predicted octanol–water partition coefficient (Wildman–Crippen LogP) is 4.92. The number of aromatic carboxylic acids is 1. The lowest BCUT2D eigenvalue weighted by Gasteiger charge is -2.23. The Hall–Kier alpha value is -4.84. The van der Waals surface area contributed by atoms with Crippen molar-refractivity contribution in [2.24, 2.45) is 5.90 Å². The highest BCUT2D eigenvalue weighted by molar-refractivity contribution is 7.91. The van der Waals surface area contributed by atoms with Gasteiger partial charge in [0.1, 0.15) is 11.3 Å². The number of nitrogens with two attached hydrogens (primary N) is 1. The highest BCUT2D eigenvalue weighted by atomic mass is 32.2. The molecule has 0 aliphatic rings. The second-order valence-corrected chi connectivity index (χ2v) is 10.5. The largest absolute Gasteiger partial charge is 0.497 e. The fraction of sp³-hybridized carbons (Fsp3) is 0.0690. The number of benzene rings is 3. The molecule has 0 aliphatic carbocycles. The van der Waals surface area contributed by atoms with E-state index in [0.29, 0.717) is 22.2 Å². The number of carboxylic acid groups (broad SMARTS) is 1. The van der Waals surface area contributed by atoms with Crippen molar-refractivity contribution in [1.82, 2.24) is 9.97 Å².